The topological polar surface area (TPSA) is 60.8 Å². The maximum Gasteiger partial charge on any atom is 2.00 e. The van der Waals surface area contributed by atoms with Crippen LogP contribution in [0.2, 0.25) is 0 Å². The first-order valence-electron chi connectivity index (χ1n) is 8.55. The molecule has 3 N–H and O–H groups in total. The number of halogens is 3. The molecule has 0 amide bonds. The van der Waals surface area contributed by atoms with Gasteiger partial charge in [-0.25, -0.2) is 6.08 Å². The molecule has 0 unspecified atom stereocenters. The number of benzene rings is 2. The fourth-order valence-corrected chi connectivity index (χ4v) is 3.62. The van der Waals surface area contributed by atoms with Crippen LogP contribution in [-0.4, -0.2) is 9.97 Å². The largest absolute Gasteiger partial charge is 2.00 e. The molecule has 2 aromatic heterocycles. The second kappa shape index (κ2) is 13.2. The molecular weight excluding hydrogens is 569 g/mol. The number of nitrogens with zero attached hydrogens (tertiary/aromatic N) is 2. The van der Waals surface area contributed by atoms with E-state index < -0.39 is 0 Å². The summed E-state index contributed by atoms with van der Waals surface area (Å²) in [4.78, 5) is 9.35. The first kappa shape index (κ1) is 28.7. The van der Waals surface area contributed by atoms with Crippen molar-refractivity contribution in [1.82, 2.24) is 16.1 Å². The standard InChI is InChI=1S/C17H15N2.C6H3Br2.ClH.Fe.H3N/c1-4-14-9-7-12-5-6-13-8-10-15(11(2)3)19-17(13)16(12)18-14;7-5-2-1-3-6(8)4-5;;;/h5-11H,1H2,2-3H3;1-3H;1H;;1H3/q2*-1;;+2;. The van der Waals surface area contributed by atoms with Gasteiger partial charge in [-0.2, -0.15) is 36.9 Å². The van der Waals surface area contributed by atoms with Gasteiger partial charge >= 0.3 is 17.1 Å². The molecule has 0 fully saturated rings. The number of pyridine rings is 2. The van der Waals surface area contributed by atoms with Crippen LogP contribution in [-0.2, 0) is 17.1 Å². The Bertz CT molecular complexity index is 1100. The Balaban J connectivity index is 0.000000659. The Hall–Kier alpha value is -1.27. The van der Waals surface area contributed by atoms with E-state index in [4.69, 9.17) is 4.98 Å². The van der Waals surface area contributed by atoms with Crippen LogP contribution >= 0.6 is 44.3 Å². The van der Waals surface area contributed by atoms with Crippen molar-refractivity contribution in [2.24, 2.45) is 0 Å². The zero-order chi connectivity index (χ0) is 19.4. The van der Waals surface area contributed by atoms with Crippen molar-refractivity contribution in [1.29, 1.82) is 0 Å². The van der Waals surface area contributed by atoms with E-state index in [1.807, 2.05) is 30.3 Å². The summed E-state index contributed by atoms with van der Waals surface area (Å²) in [6.45, 7) is 7.95. The Morgan fingerprint density at radius 2 is 1.37 bits per heavy atom. The van der Waals surface area contributed by atoms with Crippen LogP contribution in [0.5, 0.6) is 0 Å². The minimum absolute atomic E-state index is 0. The van der Waals surface area contributed by atoms with Gasteiger partial charge in [0.15, 0.2) is 0 Å². The Morgan fingerprint density at radius 1 is 0.867 bits per heavy atom. The van der Waals surface area contributed by atoms with Gasteiger partial charge in [0.2, 0.25) is 0 Å². The zero-order valence-electron chi connectivity index (χ0n) is 16.6. The second-order valence-electron chi connectivity index (χ2n) is 6.32. The molecule has 4 rings (SSSR count). The second-order valence-corrected chi connectivity index (χ2v) is 8.03. The minimum atomic E-state index is 0. The summed E-state index contributed by atoms with van der Waals surface area (Å²) in [6.07, 6.45) is 2.83. The normalized spacial score (nSPS) is 9.63. The molecule has 0 aliphatic heterocycles. The van der Waals surface area contributed by atoms with Crippen molar-refractivity contribution in [3.05, 3.63) is 93.7 Å². The molecule has 0 saturated carbocycles. The average Bonchev–Trinajstić information content (AvgIpc) is 2.67. The van der Waals surface area contributed by atoms with Gasteiger partial charge in [-0.1, -0.05) is 72.9 Å². The van der Waals surface area contributed by atoms with Crippen LogP contribution in [0.15, 0.2) is 70.1 Å². The summed E-state index contributed by atoms with van der Waals surface area (Å²) >= 11 is 6.55. The summed E-state index contributed by atoms with van der Waals surface area (Å²) in [5.74, 6) is 0.411. The SMILES string of the molecule is Brc1[c-]c(Br)ccc1.C=[C-]c1ccc2ccc3ccc(C(C)C)nc3c2n1.Cl.N.[Fe+2]. The van der Waals surface area contributed by atoms with Gasteiger partial charge in [0, 0.05) is 11.1 Å². The third kappa shape index (κ3) is 7.16. The van der Waals surface area contributed by atoms with Crippen molar-refractivity contribution in [3.8, 4) is 0 Å². The Morgan fingerprint density at radius 3 is 1.83 bits per heavy atom. The molecule has 2 heterocycles. The zero-order valence-corrected chi connectivity index (χ0v) is 21.7. The molecule has 3 nitrogen and oxygen atoms in total. The van der Waals surface area contributed by atoms with Crippen LogP contribution in [0, 0.1) is 12.1 Å². The molecule has 0 radical (unpaired) electrons. The van der Waals surface area contributed by atoms with Crippen LogP contribution in [0.4, 0.5) is 0 Å². The molecule has 4 aromatic rings. The van der Waals surface area contributed by atoms with Gasteiger partial charge in [0.05, 0.1) is 11.0 Å². The molecular formula is C23H22Br2ClFeN3. The molecule has 7 heteroatoms. The quantitative estimate of drug-likeness (QED) is 0.147. The fraction of sp³-hybridized carbons (Fsp3) is 0.130. The van der Waals surface area contributed by atoms with Gasteiger partial charge in [-0.3, -0.25) is 9.97 Å². The molecule has 0 atom stereocenters. The first-order chi connectivity index (χ1) is 13.0. The van der Waals surface area contributed by atoms with E-state index in [1.165, 1.54) is 0 Å². The van der Waals surface area contributed by atoms with E-state index in [-0.39, 0.29) is 35.6 Å². The Labute approximate surface area is 211 Å². The first-order valence-corrected chi connectivity index (χ1v) is 10.1. The predicted molar refractivity (Wildman–Crippen MR) is 132 cm³/mol. The van der Waals surface area contributed by atoms with Crippen LogP contribution < -0.4 is 6.15 Å². The van der Waals surface area contributed by atoms with E-state index in [1.54, 1.807) is 0 Å². The van der Waals surface area contributed by atoms with Crippen LogP contribution in [0.25, 0.3) is 21.8 Å². The van der Waals surface area contributed by atoms with Gasteiger partial charge < -0.3 is 6.15 Å². The molecule has 0 saturated heterocycles. The number of fused-ring (bicyclic) bond motifs is 3. The van der Waals surface area contributed by atoms with E-state index in [2.05, 4.69) is 93.7 Å². The predicted octanol–water partition coefficient (Wildman–Crippen LogP) is 7.84. The fourth-order valence-electron chi connectivity index (χ4n) is 2.62. The summed E-state index contributed by atoms with van der Waals surface area (Å²) in [5.41, 5.74) is 3.74. The summed E-state index contributed by atoms with van der Waals surface area (Å²) < 4.78 is 1.96. The smallest absolute Gasteiger partial charge is 0.344 e. The van der Waals surface area contributed by atoms with Crippen molar-refractivity contribution in [3.63, 3.8) is 0 Å². The average molecular weight is 592 g/mol. The molecule has 2 aromatic carbocycles. The summed E-state index contributed by atoms with van der Waals surface area (Å²) in [7, 11) is 0. The number of rotatable bonds is 2. The van der Waals surface area contributed by atoms with E-state index in [9.17, 15) is 0 Å². The number of hydrogen-bond donors (Lipinski definition) is 1. The number of aromatic nitrogens is 2. The van der Waals surface area contributed by atoms with Gasteiger partial charge in [-0.05, 0) is 17.4 Å². The van der Waals surface area contributed by atoms with Gasteiger partial charge in [0.25, 0.3) is 0 Å². The van der Waals surface area contributed by atoms with E-state index >= 15 is 0 Å². The number of hydrogen-bond acceptors (Lipinski definition) is 3. The van der Waals surface area contributed by atoms with E-state index in [0.717, 1.165) is 42.1 Å². The third-order valence-corrected chi connectivity index (χ3v) is 4.96. The molecule has 0 spiro atoms. The third-order valence-electron chi connectivity index (χ3n) is 4.04. The van der Waals surface area contributed by atoms with Gasteiger partial charge in [-0.15, -0.1) is 24.2 Å². The molecule has 0 bridgehead atoms. The molecule has 0 aliphatic carbocycles. The van der Waals surface area contributed by atoms with Crippen molar-refractivity contribution in [2.75, 3.05) is 0 Å². The van der Waals surface area contributed by atoms with Gasteiger partial charge in [0.1, 0.15) is 0 Å². The van der Waals surface area contributed by atoms with Crippen LogP contribution in [0.1, 0.15) is 31.2 Å². The molecule has 0 aliphatic rings. The van der Waals surface area contributed by atoms with E-state index in [0.29, 0.717) is 5.92 Å². The Kier molecular flexibility index (Phi) is 12.6. The van der Waals surface area contributed by atoms with Crippen molar-refractivity contribution < 1.29 is 17.1 Å². The summed E-state index contributed by atoms with van der Waals surface area (Å²) in [5, 5.41) is 2.21. The molecule has 30 heavy (non-hydrogen) atoms. The van der Waals surface area contributed by atoms with Crippen LogP contribution in [0.3, 0.4) is 0 Å². The maximum atomic E-state index is 4.77. The summed E-state index contributed by atoms with van der Waals surface area (Å²) in [6, 6.07) is 21.2. The monoisotopic (exact) mass is 589 g/mol. The maximum absolute atomic E-state index is 4.77. The van der Waals surface area contributed by atoms with Crippen molar-refractivity contribution in [2.45, 2.75) is 19.8 Å². The molecule has 158 valence electrons. The van der Waals surface area contributed by atoms with Crippen molar-refractivity contribution >= 4 is 66.1 Å². The minimum Gasteiger partial charge on any atom is -0.344 e.